The van der Waals surface area contributed by atoms with E-state index in [0.717, 1.165) is 11.3 Å². The molecule has 0 aliphatic rings. The number of hydrogen-bond donors (Lipinski definition) is 2. The van der Waals surface area contributed by atoms with Crippen LogP contribution in [-0.2, 0) is 11.3 Å². The Morgan fingerprint density at radius 2 is 2.35 bits per heavy atom. The standard InChI is InChI=1S/C11H11N3O3/c1-8-3-2-4-9(5-8)12-10(15)6-14-7-11(16)17-13-14/h2-5,7H,6H2,1H3,(H-,12,13,15,16)/p+1. The molecular weight excluding hydrogens is 222 g/mol. The van der Waals surface area contributed by atoms with Gasteiger partial charge in [0.15, 0.2) is 0 Å². The van der Waals surface area contributed by atoms with Crippen molar-refractivity contribution in [1.82, 2.24) is 5.27 Å². The number of aryl methyl sites for hydroxylation is 1. The Balaban J connectivity index is 2.00. The summed E-state index contributed by atoms with van der Waals surface area (Å²) in [5, 5.41) is 5.02. The lowest BCUT2D eigenvalue weighted by Gasteiger charge is -2.02. The topological polar surface area (TPSA) is 79.0 Å². The number of carbonyl (C=O) groups is 1. The van der Waals surface area contributed by atoms with Gasteiger partial charge >= 0.3 is 5.63 Å². The van der Waals surface area contributed by atoms with Gasteiger partial charge in [-0.1, -0.05) is 16.8 Å². The molecule has 2 rings (SSSR count). The third-order valence-corrected chi connectivity index (χ3v) is 2.14. The van der Waals surface area contributed by atoms with Crippen LogP contribution in [0, 0.1) is 6.92 Å². The van der Waals surface area contributed by atoms with Crippen molar-refractivity contribution >= 4 is 11.6 Å². The number of nitrogens with one attached hydrogen (secondary N) is 2. The number of benzene rings is 1. The van der Waals surface area contributed by atoms with Gasteiger partial charge in [0.1, 0.15) is 0 Å². The van der Waals surface area contributed by atoms with Crippen LogP contribution in [0.3, 0.4) is 0 Å². The molecule has 88 valence electrons. The molecule has 0 aliphatic heterocycles. The zero-order valence-corrected chi connectivity index (χ0v) is 9.27. The summed E-state index contributed by atoms with van der Waals surface area (Å²) in [6.07, 6.45) is 1.18. The van der Waals surface area contributed by atoms with E-state index in [9.17, 15) is 9.59 Å². The molecule has 1 aromatic heterocycles. The predicted molar refractivity (Wildman–Crippen MR) is 59.3 cm³/mol. The smallest absolute Gasteiger partial charge is 0.320 e. The summed E-state index contributed by atoms with van der Waals surface area (Å²) in [7, 11) is 0. The molecule has 6 nitrogen and oxygen atoms in total. The molecule has 1 heterocycles. The summed E-state index contributed by atoms with van der Waals surface area (Å²) in [5.41, 5.74) is 1.27. The van der Waals surface area contributed by atoms with Crippen LogP contribution in [0.5, 0.6) is 0 Å². The maximum Gasteiger partial charge on any atom is 0.426 e. The first-order valence-corrected chi connectivity index (χ1v) is 5.08. The fraction of sp³-hybridized carbons (Fsp3) is 0.182. The summed E-state index contributed by atoms with van der Waals surface area (Å²) in [4.78, 5) is 22.3. The lowest BCUT2D eigenvalue weighted by molar-refractivity contribution is -0.750. The van der Waals surface area contributed by atoms with Gasteiger partial charge in [0, 0.05) is 5.69 Å². The summed E-state index contributed by atoms with van der Waals surface area (Å²) in [5.74, 6) is -0.238. The molecule has 2 aromatic rings. The Morgan fingerprint density at radius 3 is 3.00 bits per heavy atom. The number of carbonyl (C=O) groups excluding carboxylic acids is 1. The summed E-state index contributed by atoms with van der Waals surface area (Å²) < 4.78 is 5.71. The number of hydrogen-bond acceptors (Lipinski definition) is 3. The van der Waals surface area contributed by atoms with E-state index in [0.29, 0.717) is 0 Å². The van der Waals surface area contributed by atoms with E-state index in [1.54, 1.807) is 6.07 Å². The maximum absolute atomic E-state index is 11.6. The quantitative estimate of drug-likeness (QED) is 0.745. The normalized spacial score (nSPS) is 10.2. The van der Waals surface area contributed by atoms with Crippen LogP contribution in [0.2, 0.25) is 0 Å². The Kier molecular flexibility index (Phi) is 3.04. The molecule has 0 spiro atoms. The maximum atomic E-state index is 11.6. The Bertz CT molecular complexity index is 585. The van der Waals surface area contributed by atoms with E-state index in [4.69, 9.17) is 0 Å². The van der Waals surface area contributed by atoms with Crippen molar-refractivity contribution in [3.05, 3.63) is 46.4 Å². The van der Waals surface area contributed by atoms with Crippen molar-refractivity contribution in [2.45, 2.75) is 13.5 Å². The average Bonchev–Trinajstić information content (AvgIpc) is 2.63. The van der Waals surface area contributed by atoms with Gasteiger partial charge in [0.25, 0.3) is 18.6 Å². The fourth-order valence-corrected chi connectivity index (χ4v) is 1.44. The molecule has 2 N–H and O–H groups in total. The first kappa shape index (κ1) is 11.1. The Hall–Kier alpha value is -2.37. The Labute approximate surface area is 96.8 Å². The second kappa shape index (κ2) is 4.65. The number of aromatic nitrogens is 2. The lowest BCUT2D eigenvalue weighted by Crippen LogP contribution is -2.41. The van der Waals surface area contributed by atoms with Gasteiger partial charge in [0.2, 0.25) is 0 Å². The summed E-state index contributed by atoms with van der Waals surface area (Å²) in [6.45, 7) is 1.94. The monoisotopic (exact) mass is 234 g/mol. The van der Waals surface area contributed by atoms with E-state index in [1.807, 2.05) is 25.1 Å². The minimum atomic E-state index is -0.520. The van der Waals surface area contributed by atoms with Crippen LogP contribution < -0.4 is 15.6 Å². The largest absolute Gasteiger partial charge is 0.426 e. The first-order chi connectivity index (χ1) is 8.13. The van der Waals surface area contributed by atoms with E-state index in [1.165, 1.54) is 10.9 Å². The minimum absolute atomic E-state index is 0.000316. The molecule has 17 heavy (non-hydrogen) atoms. The first-order valence-electron chi connectivity index (χ1n) is 5.08. The van der Waals surface area contributed by atoms with Gasteiger partial charge in [-0.25, -0.2) is 4.79 Å². The number of nitrogens with zero attached hydrogens (tertiary/aromatic N) is 1. The molecule has 0 unspecified atom stereocenters. The molecule has 1 aromatic carbocycles. The van der Waals surface area contributed by atoms with Gasteiger partial charge in [-0.3, -0.25) is 9.32 Å². The number of H-pyrrole nitrogens is 1. The summed E-state index contributed by atoms with van der Waals surface area (Å²) >= 11 is 0. The second-order valence-electron chi connectivity index (χ2n) is 3.69. The van der Waals surface area contributed by atoms with Crippen molar-refractivity contribution < 1.29 is 14.0 Å². The highest BCUT2D eigenvalue weighted by Crippen LogP contribution is 2.08. The molecule has 6 heteroatoms. The van der Waals surface area contributed by atoms with Crippen LogP contribution in [0.1, 0.15) is 5.56 Å². The molecule has 0 saturated carbocycles. The van der Waals surface area contributed by atoms with Gasteiger partial charge in [-0.15, -0.1) is 0 Å². The highest BCUT2D eigenvalue weighted by molar-refractivity contribution is 5.89. The molecule has 0 atom stereocenters. The molecule has 0 bridgehead atoms. The predicted octanol–water partition coefficient (Wildman–Crippen LogP) is 0.203. The van der Waals surface area contributed by atoms with Crippen LogP contribution in [0.4, 0.5) is 5.69 Å². The number of aromatic amines is 1. The molecule has 1 amide bonds. The van der Waals surface area contributed by atoms with Crippen molar-refractivity contribution in [2.75, 3.05) is 5.32 Å². The fourth-order valence-electron chi connectivity index (χ4n) is 1.44. The zero-order chi connectivity index (χ0) is 12.3. The van der Waals surface area contributed by atoms with Crippen molar-refractivity contribution in [1.29, 1.82) is 0 Å². The Morgan fingerprint density at radius 1 is 1.53 bits per heavy atom. The zero-order valence-electron chi connectivity index (χ0n) is 9.27. The summed E-state index contributed by atoms with van der Waals surface area (Å²) in [6, 6.07) is 7.46. The van der Waals surface area contributed by atoms with Crippen LogP contribution in [0.25, 0.3) is 0 Å². The average molecular weight is 234 g/mol. The van der Waals surface area contributed by atoms with Crippen molar-refractivity contribution in [3.63, 3.8) is 0 Å². The molecular formula is C11H12N3O3+. The number of amides is 1. The number of rotatable bonds is 3. The van der Waals surface area contributed by atoms with E-state index in [2.05, 4.69) is 15.1 Å². The molecule has 0 aliphatic carbocycles. The van der Waals surface area contributed by atoms with Crippen molar-refractivity contribution in [2.24, 2.45) is 0 Å². The van der Waals surface area contributed by atoms with Gasteiger partial charge in [-0.05, 0) is 29.9 Å². The molecule has 0 fully saturated rings. The highest BCUT2D eigenvalue weighted by Gasteiger charge is 2.12. The van der Waals surface area contributed by atoms with Crippen molar-refractivity contribution in [3.8, 4) is 0 Å². The third-order valence-electron chi connectivity index (χ3n) is 2.14. The van der Waals surface area contributed by atoms with Crippen LogP contribution in [0.15, 0.2) is 39.8 Å². The highest BCUT2D eigenvalue weighted by atomic mass is 16.5. The SMILES string of the molecule is Cc1cccc(NC(=O)C[n+]2cc(=O)o[nH]2)c1. The van der Waals surface area contributed by atoms with Crippen LogP contribution in [-0.4, -0.2) is 11.2 Å². The van der Waals surface area contributed by atoms with E-state index in [-0.39, 0.29) is 12.5 Å². The van der Waals surface area contributed by atoms with E-state index < -0.39 is 5.63 Å². The van der Waals surface area contributed by atoms with Crippen LogP contribution >= 0.6 is 0 Å². The molecule has 0 saturated heterocycles. The minimum Gasteiger partial charge on any atom is -0.320 e. The number of anilines is 1. The molecule has 0 radical (unpaired) electrons. The third kappa shape index (κ3) is 3.04. The van der Waals surface area contributed by atoms with E-state index >= 15 is 0 Å². The van der Waals surface area contributed by atoms with Gasteiger partial charge in [-0.2, -0.15) is 0 Å². The lowest BCUT2D eigenvalue weighted by atomic mass is 10.2. The van der Waals surface area contributed by atoms with Gasteiger partial charge < -0.3 is 5.32 Å². The van der Waals surface area contributed by atoms with Gasteiger partial charge in [0.05, 0.1) is 0 Å². The second-order valence-corrected chi connectivity index (χ2v) is 3.69.